The third kappa shape index (κ3) is 4.27. The number of morpholine rings is 1. The second-order valence-electron chi connectivity index (χ2n) is 5.65. The van der Waals surface area contributed by atoms with E-state index in [1.165, 1.54) is 18.6 Å². The molecule has 1 aliphatic heterocycles. The van der Waals surface area contributed by atoms with Crippen molar-refractivity contribution in [2.24, 2.45) is 0 Å². The molecule has 10 heteroatoms. The number of hydrogen-bond donors (Lipinski definition) is 3. The first-order valence-corrected chi connectivity index (χ1v) is 7.96. The van der Waals surface area contributed by atoms with Crippen molar-refractivity contribution >= 4 is 17.6 Å². The molecule has 0 bridgehead atoms. The fraction of sp³-hybridized carbons (Fsp3) is 0.375. The lowest BCUT2D eigenvalue weighted by Crippen LogP contribution is -2.44. The summed E-state index contributed by atoms with van der Waals surface area (Å²) in [5.74, 6) is 1.04. The zero-order valence-corrected chi connectivity index (χ0v) is 13.8. The molecule has 2 aromatic heterocycles. The maximum atomic E-state index is 12.3. The van der Waals surface area contributed by atoms with Gasteiger partial charge in [-0.3, -0.25) is 5.41 Å². The van der Waals surface area contributed by atoms with Crippen LogP contribution in [0.3, 0.4) is 0 Å². The van der Waals surface area contributed by atoms with Gasteiger partial charge < -0.3 is 19.7 Å². The van der Waals surface area contributed by atoms with Crippen LogP contribution in [-0.2, 0) is 4.74 Å². The van der Waals surface area contributed by atoms with Crippen LogP contribution < -0.4 is 4.90 Å². The van der Waals surface area contributed by atoms with Crippen LogP contribution in [0, 0.1) is 5.41 Å². The number of alkyl halides is 2. The van der Waals surface area contributed by atoms with Crippen molar-refractivity contribution in [2.45, 2.75) is 12.5 Å². The minimum atomic E-state index is -2.82. The molecule has 1 saturated heterocycles. The van der Waals surface area contributed by atoms with Crippen molar-refractivity contribution in [3.05, 3.63) is 30.5 Å². The topological polar surface area (TPSA) is 111 Å². The van der Waals surface area contributed by atoms with Gasteiger partial charge in [0.05, 0.1) is 42.6 Å². The first kappa shape index (κ1) is 18.1. The van der Waals surface area contributed by atoms with Gasteiger partial charge >= 0.3 is 0 Å². The predicted molar refractivity (Wildman–Crippen MR) is 91.4 cm³/mol. The van der Waals surface area contributed by atoms with E-state index in [0.29, 0.717) is 42.7 Å². The Bertz CT molecular complexity index is 795. The van der Waals surface area contributed by atoms with Crippen LogP contribution in [0.4, 0.5) is 14.6 Å². The number of H-pyrrole nitrogens is 1. The number of allylic oxidation sites excluding steroid dienone is 1. The molecule has 0 aromatic carbocycles. The zero-order chi connectivity index (χ0) is 18.5. The number of halogens is 2. The van der Waals surface area contributed by atoms with Crippen LogP contribution in [0.5, 0.6) is 0 Å². The number of imidazole rings is 1. The number of aliphatic hydroxyl groups excluding tert-OH is 1. The number of aromatic nitrogens is 4. The molecular weight excluding hydrogens is 346 g/mol. The van der Waals surface area contributed by atoms with Crippen molar-refractivity contribution in [3.63, 3.8) is 0 Å². The molecule has 3 heterocycles. The zero-order valence-electron chi connectivity index (χ0n) is 13.8. The lowest BCUT2D eigenvalue weighted by molar-refractivity contribution is 0.00336. The van der Waals surface area contributed by atoms with E-state index in [-0.39, 0.29) is 12.7 Å². The second kappa shape index (κ2) is 8.11. The summed E-state index contributed by atoms with van der Waals surface area (Å²) in [7, 11) is 0. The van der Waals surface area contributed by atoms with Gasteiger partial charge in [0.1, 0.15) is 18.0 Å². The van der Waals surface area contributed by atoms with Crippen LogP contribution >= 0.6 is 0 Å². The Morgan fingerprint density at radius 1 is 1.46 bits per heavy atom. The number of hydrogen-bond acceptors (Lipinski definition) is 7. The Morgan fingerprint density at radius 3 is 3.08 bits per heavy atom. The van der Waals surface area contributed by atoms with Gasteiger partial charge in [0.2, 0.25) is 0 Å². The summed E-state index contributed by atoms with van der Waals surface area (Å²) in [6, 6.07) is 1.78. The van der Waals surface area contributed by atoms with Gasteiger partial charge in [0.15, 0.2) is 0 Å². The van der Waals surface area contributed by atoms with Gasteiger partial charge in [-0.15, -0.1) is 0 Å². The molecule has 0 spiro atoms. The molecule has 3 N–H and O–H groups in total. The van der Waals surface area contributed by atoms with Gasteiger partial charge in [0, 0.05) is 19.2 Å². The number of aliphatic hydroxyl groups is 1. The summed E-state index contributed by atoms with van der Waals surface area (Å²) in [5, 5.41) is 16.4. The highest BCUT2D eigenvalue weighted by atomic mass is 19.3. The van der Waals surface area contributed by atoms with Gasteiger partial charge in [-0.05, 0) is 12.2 Å². The third-order valence-electron chi connectivity index (χ3n) is 3.85. The molecule has 0 amide bonds. The average molecular weight is 364 g/mol. The lowest BCUT2D eigenvalue weighted by Gasteiger charge is -2.32. The number of anilines is 1. The Kier molecular flexibility index (Phi) is 5.64. The van der Waals surface area contributed by atoms with Crippen molar-refractivity contribution < 1.29 is 18.6 Å². The fourth-order valence-corrected chi connectivity index (χ4v) is 2.50. The van der Waals surface area contributed by atoms with E-state index in [9.17, 15) is 13.9 Å². The molecule has 3 rings (SSSR count). The highest BCUT2D eigenvalue weighted by Gasteiger charge is 2.21. The number of nitrogens with one attached hydrogen (secondary N) is 2. The predicted octanol–water partition coefficient (Wildman–Crippen LogP) is 1.36. The van der Waals surface area contributed by atoms with Crippen LogP contribution in [-0.4, -0.2) is 69.6 Å². The van der Waals surface area contributed by atoms with Crippen LogP contribution in [0.25, 0.3) is 17.5 Å². The molecule has 0 radical (unpaired) electrons. The van der Waals surface area contributed by atoms with Crippen LogP contribution in [0.15, 0.2) is 24.7 Å². The van der Waals surface area contributed by atoms with E-state index in [1.807, 2.05) is 4.90 Å². The van der Waals surface area contributed by atoms with E-state index in [0.717, 1.165) is 6.08 Å². The Labute approximate surface area is 148 Å². The smallest absolute Gasteiger partial charge is 0.279 e. The van der Waals surface area contributed by atoms with Gasteiger partial charge in [-0.2, -0.15) is 0 Å². The molecule has 138 valence electrons. The molecule has 26 heavy (non-hydrogen) atoms. The quantitative estimate of drug-likeness (QED) is 0.668. The average Bonchev–Trinajstić information content (AvgIpc) is 3.15. The summed E-state index contributed by atoms with van der Waals surface area (Å²) < 4.78 is 30.1. The third-order valence-corrected chi connectivity index (χ3v) is 3.85. The van der Waals surface area contributed by atoms with Crippen molar-refractivity contribution in [1.82, 2.24) is 19.9 Å². The van der Waals surface area contributed by atoms with E-state index in [4.69, 9.17) is 10.1 Å². The minimum absolute atomic E-state index is 0.0572. The molecule has 8 nitrogen and oxygen atoms in total. The molecule has 0 saturated carbocycles. The monoisotopic (exact) mass is 364 g/mol. The van der Waals surface area contributed by atoms with E-state index < -0.39 is 12.1 Å². The fourth-order valence-electron chi connectivity index (χ4n) is 2.50. The summed E-state index contributed by atoms with van der Waals surface area (Å²) in [6.07, 6.45) is 2.21. The number of nitrogens with zero attached hydrogens (tertiary/aromatic N) is 4. The Balaban J connectivity index is 1.75. The standard InChI is InChI=1S/C16H18F2N6O2/c17-16(18)11(19)1-2-14-20-6-13(23-14)12-5-15(22-9-21-12)24-3-4-26-10(7-24)8-25/h1-2,5-6,9-10,16,19,25H,3-4,7-8H2,(H,20,23)/b2-1-,19-11?. The molecule has 1 fully saturated rings. The van der Waals surface area contributed by atoms with Gasteiger partial charge in [-0.25, -0.2) is 23.7 Å². The Morgan fingerprint density at radius 2 is 2.31 bits per heavy atom. The first-order chi connectivity index (χ1) is 12.6. The first-order valence-electron chi connectivity index (χ1n) is 7.96. The van der Waals surface area contributed by atoms with Gasteiger partial charge in [0.25, 0.3) is 6.43 Å². The maximum absolute atomic E-state index is 12.3. The molecule has 1 unspecified atom stereocenters. The molecule has 0 aliphatic carbocycles. The lowest BCUT2D eigenvalue weighted by atomic mass is 10.2. The number of rotatable bonds is 6. The van der Waals surface area contributed by atoms with Crippen molar-refractivity contribution in [3.8, 4) is 11.4 Å². The minimum Gasteiger partial charge on any atom is -0.394 e. The van der Waals surface area contributed by atoms with E-state index in [2.05, 4.69) is 19.9 Å². The normalized spacial score (nSPS) is 18.0. The molecular formula is C16H18F2N6O2. The Hall–Kier alpha value is -2.72. The largest absolute Gasteiger partial charge is 0.394 e. The summed E-state index contributed by atoms with van der Waals surface area (Å²) >= 11 is 0. The second-order valence-corrected chi connectivity index (χ2v) is 5.65. The van der Waals surface area contributed by atoms with Crippen LogP contribution in [0.2, 0.25) is 0 Å². The van der Waals surface area contributed by atoms with Crippen LogP contribution in [0.1, 0.15) is 5.82 Å². The number of ether oxygens (including phenoxy) is 1. The van der Waals surface area contributed by atoms with Gasteiger partial charge in [-0.1, -0.05) is 0 Å². The van der Waals surface area contributed by atoms with E-state index >= 15 is 0 Å². The summed E-state index contributed by atoms with van der Waals surface area (Å²) in [5.41, 5.74) is 0.417. The summed E-state index contributed by atoms with van der Waals surface area (Å²) in [6.45, 7) is 1.62. The molecule has 1 aliphatic rings. The SMILES string of the molecule is N=C(/C=C\c1ncc(-c2cc(N3CCOC(CO)C3)ncn2)[nH]1)C(F)F. The molecule has 2 aromatic rings. The molecule has 1 atom stereocenters. The summed E-state index contributed by atoms with van der Waals surface area (Å²) in [4.78, 5) is 17.5. The van der Waals surface area contributed by atoms with Crippen molar-refractivity contribution in [2.75, 3.05) is 31.2 Å². The maximum Gasteiger partial charge on any atom is 0.279 e. The highest BCUT2D eigenvalue weighted by Crippen LogP contribution is 2.21. The van der Waals surface area contributed by atoms with Crippen molar-refractivity contribution in [1.29, 1.82) is 5.41 Å². The highest BCUT2D eigenvalue weighted by molar-refractivity contribution is 5.97. The number of aromatic amines is 1. The van der Waals surface area contributed by atoms with E-state index in [1.54, 1.807) is 6.07 Å².